The lowest BCUT2D eigenvalue weighted by molar-refractivity contribution is -0.124. The Morgan fingerprint density at radius 3 is 2.88 bits per heavy atom. The lowest BCUT2D eigenvalue weighted by atomic mass is 10.0. The average molecular weight is 259 g/mol. The van der Waals surface area contributed by atoms with Crippen LogP contribution in [-0.2, 0) is 11.2 Å². The van der Waals surface area contributed by atoms with Gasteiger partial charge in [0.1, 0.15) is 0 Å². The number of rotatable bonds is 2. The smallest absolute Gasteiger partial charge is 0.237 e. The molecule has 2 rings (SSSR count). The van der Waals surface area contributed by atoms with Gasteiger partial charge in [0.05, 0.1) is 16.1 Å². The maximum absolute atomic E-state index is 11.5. The van der Waals surface area contributed by atoms with E-state index in [4.69, 9.17) is 23.2 Å². The van der Waals surface area contributed by atoms with Crippen LogP contribution in [0.2, 0.25) is 10.0 Å². The van der Waals surface area contributed by atoms with Crippen molar-refractivity contribution in [3.05, 3.63) is 33.8 Å². The molecule has 86 valence electrons. The summed E-state index contributed by atoms with van der Waals surface area (Å²) in [5.41, 5.74) is 0.892. The summed E-state index contributed by atoms with van der Waals surface area (Å²) in [7, 11) is 0. The number of halogens is 2. The predicted octanol–water partition coefficient (Wildman–Crippen LogP) is 1.62. The van der Waals surface area contributed by atoms with Crippen LogP contribution >= 0.6 is 23.2 Å². The Kier molecular flexibility index (Phi) is 3.69. The molecular formula is C11H12Cl2N2O. The van der Waals surface area contributed by atoms with Gasteiger partial charge in [-0.05, 0) is 18.1 Å². The molecule has 1 fully saturated rings. The molecule has 1 aliphatic heterocycles. The fourth-order valence-corrected chi connectivity index (χ4v) is 2.14. The molecule has 0 aromatic heterocycles. The Morgan fingerprint density at radius 1 is 1.31 bits per heavy atom. The second-order valence-corrected chi connectivity index (χ2v) is 4.50. The van der Waals surface area contributed by atoms with Crippen LogP contribution in [0.25, 0.3) is 0 Å². The number of carbonyl (C=O) groups excluding carboxylic acids is 1. The molecule has 1 saturated heterocycles. The van der Waals surface area contributed by atoms with Crippen LogP contribution < -0.4 is 10.6 Å². The molecule has 1 amide bonds. The van der Waals surface area contributed by atoms with Gasteiger partial charge in [-0.15, -0.1) is 0 Å². The van der Waals surface area contributed by atoms with E-state index in [-0.39, 0.29) is 11.9 Å². The van der Waals surface area contributed by atoms with E-state index in [0.29, 0.717) is 23.0 Å². The van der Waals surface area contributed by atoms with Crippen molar-refractivity contribution in [2.45, 2.75) is 12.5 Å². The van der Waals surface area contributed by atoms with Crippen molar-refractivity contribution in [1.29, 1.82) is 0 Å². The van der Waals surface area contributed by atoms with Gasteiger partial charge in [0.25, 0.3) is 0 Å². The predicted molar refractivity (Wildman–Crippen MR) is 65.0 cm³/mol. The highest BCUT2D eigenvalue weighted by atomic mass is 35.5. The zero-order chi connectivity index (χ0) is 11.5. The van der Waals surface area contributed by atoms with E-state index < -0.39 is 0 Å². The molecule has 1 aromatic rings. The lowest BCUT2D eigenvalue weighted by Crippen LogP contribution is -2.53. The minimum absolute atomic E-state index is 0.0160. The molecule has 3 nitrogen and oxygen atoms in total. The van der Waals surface area contributed by atoms with Crippen molar-refractivity contribution in [3.63, 3.8) is 0 Å². The molecule has 0 radical (unpaired) electrons. The monoisotopic (exact) mass is 258 g/mol. The Labute approximate surface area is 104 Å². The van der Waals surface area contributed by atoms with Crippen LogP contribution in [0.4, 0.5) is 0 Å². The average Bonchev–Trinajstić information content (AvgIpc) is 2.28. The first-order valence-corrected chi connectivity index (χ1v) is 5.88. The number of benzene rings is 1. The quantitative estimate of drug-likeness (QED) is 0.847. The van der Waals surface area contributed by atoms with E-state index in [1.54, 1.807) is 6.07 Å². The first kappa shape index (κ1) is 11.7. The SMILES string of the molecule is O=C1NCCNC1Cc1cccc(Cl)c1Cl. The maximum Gasteiger partial charge on any atom is 0.237 e. The van der Waals surface area contributed by atoms with Crippen LogP contribution in [0, 0.1) is 0 Å². The van der Waals surface area contributed by atoms with E-state index in [1.165, 1.54) is 0 Å². The zero-order valence-corrected chi connectivity index (χ0v) is 10.1. The van der Waals surface area contributed by atoms with E-state index >= 15 is 0 Å². The molecule has 1 atom stereocenters. The maximum atomic E-state index is 11.5. The van der Waals surface area contributed by atoms with Gasteiger partial charge in [-0.2, -0.15) is 0 Å². The third kappa shape index (κ3) is 2.48. The number of hydrogen-bond donors (Lipinski definition) is 2. The number of piperazine rings is 1. The number of hydrogen-bond acceptors (Lipinski definition) is 2. The standard InChI is InChI=1S/C11H12Cl2N2O/c12-8-3-1-2-7(10(8)13)6-9-11(16)15-5-4-14-9/h1-3,9,14H,4-6H2,(H,15,16). The first-order valence-electron chi connectivity index (χ1n) is 5.12. The van der Waals surface area contributed by atoms with Gasteiger partial charge in [-0.1, -0.05) is 35.3 Å². The summed E-state index contributed by atoms with van der Waals surface area (Å²) in [4.78, 5) is 11.5. The summed E-state index contributed by atoms with van der Waals surface area (Å²) < 4.78 is 0. The number of carbonyl (C=O) groups is 1. The highest BCUT2D eigenvalue weighted by Crippen LogP contribution is 2.26. The summed E-state index contributed by atoms with van der Waals surface area (Å²) in [6, 6.07) is 5.24. The third-order valence-electron chi connectivity index (χ3n) is 2.59. The van der Waals surface area contributed by atoms with Crippen molar-refractivity contribution < 1.29 is 4.79 Å². The van der Waals surface area contributed by atoms with Crippen LogP contribution in [0.3, 0.4) is 0 Å². The van der Waals surface area contributed by atoms with Crippen LogP contribution in [-0.4, -0.2) is 25.0 Å². The Hall–Kier alpha value is -0.770. The fourth-order valence-electron chi connectivity index (χ4n) is 1.74. The van der Waals surface area contributed by atoms with Crippen molar-refractivity contribution in [2.24, 2.45) is 0 Å². The molecule has 0 spiro atoms. The molecule has 1 unspecified atom stereocenters. The van der Waals surface area contributed by atoms with Crippen LogP contribution in [0.15, 0.2) is 18.2 Å². The third-order valence-corrected chi connectivity index (χ3v) is 3.45. The van der Waals surface area contributed by atoms with E-state index in [1.807, 2.05) is 12.1 Å². The van der Waals surface area contributed by atoms with Crippen molar-refractivity contribution in [1.82, 2.24) is 10.6 Å². The Morgan fingerprint density at radius 2 is 2.12 bits per heavy atom. The molecule has 1 heterocycles. The molecule has 1 aliphatic rings. The number of nitrogens with one attached hydrogen (secondary N) is 2. The van der Waals surface area contributed by atoms with Gasteiger partial charge in [-0.3, -0.25) is 4.79 Å². The summed E-state index contributed by atoms with van der Waals surface area (Å²) >= 11 is 12.0. The first-order chi connectivity index (χ1) is 7.68. The van der Waals surface area contributed by atoms with E-state index in [9.17, 15) is 4.79 Å². The normalized spacial score (nSPS) is 20.6. The Bertz CT molecular complexity index is 409. The summed E-state index contributed by atoms with van der Waals surface area (Å²) in [6.45, 7) is 1.47. The minimum atomic E-state index is -0.218. The molecule has 16 heavy (non-hydrogen) atoms. The lowest BCUT2D eigenvalue weighted by Gasteiger charge is -2.23. The summed E-state index contributed by atoms with van der Waals surface area (Å²) in [5, 5.41) is 7.01. The molecule has 0 saturated carbocycles. The second kappa shape index (κ2) is 5.04. The summed E-state index contributed by atoms with van der Waals surface area (Å²) in [5.74, 6) is 0.0160. The van der Waals surface area contributed by atoms with Crippen molar-refractivity contribution in [2.75, 3.05) is 13.1 Å². The molecule has 0 bridgehead atoms. The van der Waals surface area contributed by atoms with Crippen molar-refractivity contribution >= 4 is 29.1 Å². The largest absolute Gasteiger partial charge is 0.353 e. The zero-order valence-electron chi connectivity index (χ0n) is 8.59. The van der Waals surface area contributed by atoms with Gasteiger partial charge < -0.3 is 10.6 Å². The fraction of sp³-hybridized carbons (Fsp3) is 0.364. The van der Waals surface area contributed by atoms with Gasteiger partial charge in [-0.25, -0.2) is 0 Å². The molecule has 2 N–H and O–H groups in total. The molecule has 0 aliphatic carbocycles. The topological polar surface area (TPSA) is 41.1 Å². The van der Waals surface area contributed by atoms with Crippen LogP contribution in [0.5, 0.6) is 0 Å². The van der Waals surface area contributed by atoms with Gasteiger partial charge in [0.2, 0.25) is 5.91 Å². The number of amides is 1. The minimum Gasteiger partial charge on any atom is -0.353 e. The van der Waals surface area contributed by atoms with E-state index in [2.05, 4.69) is 10.6 Å². The molecular weight excluding hydrogens is 247 g/mol. The second-order valence-electron chi connectivity index (χ2n) is 3.71. The van der Waals surface area contributed by atoms with Gasteiger partial charge >= 0.3 is 0 Å². The van der Waals surface area contributed by atoms with Gasteiger partial charge in [0, 0.05) is 13.1 Å². The summed E-state index contributed by atoms with van der Waals surface area (Å²) in [6.07, 6.45) is 0.561. The van der Waals surface area contributed by atoms with Crippen LogP contribution in [0.1, 0.15) is 5.56 Å². The van der Waals surface area contributed by atoms with E-state index in [0.717, 1.165) is 12.1 Å². The Balaban J connectivity index is 2.14. The molecule has 5 heteroatoms. The molecule has 1 aromatic carbocycles. The highest BCUT2D eigenvalue weighted by molar-refractivity contribution is 6.42. The highest BCUT2D eigenvalue weighted by Gasteiger charge is 2.22. The van der Waals surface area contributed by atoms with Gasteiger partial charge in [0.15, 0.2) is 0 Å². The van der Waals surface area contributed by atoms with Crippen molar-refractivity contribution in [3.8, 4) is 0 Å².